The van der Waals surface area contributed by atoms with E-state index in [1.54, 1.807) is 13.8 Å². The Morgan fingerprint density at radius 3 is 2.29 bits per heavy atom. The Balaban J connectivity index is 2.96. The zero-order chi connectivity index (χ0) is 10.8. The van der Waals surface area contributed by atoms with Crippen LogP contribution in [0.1, 0.15) is 31.2 Å². The first-order valence-electron chi connectivity index (χ1n) is 4.26. The molecule has 0 radical (unpaired) electrons. The van der Waals surface area contributed by atoms with Crippen molar-refractivity contribution < 1.29 is 13.2 Å². The number of nitrogens with zero attached hydrogens (tertiary/aromatic N) is 2. The SMILES string of the molecule is CC(C)c1nccnc1CC(F)(F)F. The molecule has 5 heteroatoms. The lowest BCUT2D eigenvalue weighted by Crippen LogP contribution is -2.15. The van der Waals surface area contributed by atoms with E-state index in [1.807, 2.05) is 0 Å². The molecule has 0 N–H and O–H groups in total. The fourth-order valence-electron chi connectivity index (χ4n) is 1.19. The second-order valence-corrected chi connectivity index (χ2v) is 3.33. The number of hydrogen-bond acceptors (Lipinski definition) is 2. The molecule has 0 bridgehead atoms. The molecule has 78 valence electrons. The van der Waals surface area contributed by atoms with E-state index in [-0.39, 0.29) is 11.6 Å². The van der Waals surface area contributed by atoms with Crippen LogP contribution in [0.4, 0.5) is 13.2 Å². The Bertz CT molecular complexity index is 307. The van der Waals surface area contributed by atoms with Crippen molar-refractivity contribution in [2.75, 3.05) is 0 Å². The van der Waals surface area contributed by atoms with Gasteiger partial charge >= 0.3 is 6.18 Å². The minimum Gasteiger partial charge on any atom is -0.258 e. The number of halogens is 3. The lowest BCUT2D eigenvalue weighted by molar-refractivity contribution is -0.128. The van der Waals surface area contributed by atoms with Crippen molar-refractivity contribution >= 4 is 0 Å². The third-order valence-electron chi connectivity index (χ3n) is 1.72. The van der Waals surface area contributed by atoms with Gasteiger partial charge in [-0.2, -0.15) is 13.2 Å². The van der Waals surface area contributed by atoms with Crippen molar-refractivity contribution in [3.63, 3.8) is 0 Å². The van der Waals surface area contributed by atoms with Crippen molar-refractivity contribution in [2.45, 2.75) is 32.4 Å². The molecule has 14 heavy (non-hydrogen) atoms. The zero-order valence-corrected chi connectivity index (χ0v) is 7.97. The van der Waals surface area contributed by atoms with Crippen molar-refractivity contribution in [2.24, 2.45) is 0 Å². The fraction of sp³-hybridized carbons (Fsp3) is 0.556. The average molecular weight is 204 g/mol. The summed E-state index contributed by atoms with van der Waals surface area (Å²) in [6.07, 6.45) is -2.53. The minimum absolute atomic E-state index is 0.0231. The Morgan fingerprint density at radius 1 is 1.21 bits per heavy atom. The van der Waals surface area contributed by atoms with Crippen LogP contribution in [-0.2, 0) is 6.42 Å². The topological polar surface area (TPSA) is 25.8 Å². The predicted molar refractivity (Wildman–Crippen MR) is 45.9 cm³/mol. The molecular weight excluding hydrogens is 193 g/mol. The highest BCUT2D eigenvalue weighted by Crippen LogP contribution is 2.24. The number of rotatable bonds is 2. The number of aromatic nitrogens is 2. The number of hydrogen-bond donors (Lipinski definition) is 0. The van der Waals surface area contributed by atoms with Crippen LogP contribution in [0.25, 0.3) is 0 Å². The van der Waals surface area contributed by atoms with Crippen LogP contribution in [0, 0.1) is 0 Å². The lowest BCUT2D eigenvalue weighted by atomic mass is 10.1. The minimum atomic E-state index is -4.22. The molecule has 1 aromatic heterocycles. The highest BCUT2D eigenvalue weighted by atomic mass is 19.4. The van der Waals surface area contributed by atoms with E-state index >= 15 is 0 Å². The van der Waals surface area contributed by atoms with Gasteiger partial charge in [0.2, 0.25) is 0 Å². The Hall–Kier alpha value is -1.13. The van der Waals surface area contributed by atoms with Crippen molar-refractivity contribution in [3.8, 4) is 0 Å². The molecule has 0 saturated carbocycles. The van der Waals surface area contributed by atoms with E-state index in [0.29, 0.717) is 5.69 Å². The molecule has 0 amide bonds. The monoisotopic (exact) mass is 204 g/mol. The Morgan fingerprint density at radius 2 is 1.79 bits per heavy atom. The summed E-state index contributed by atoms with van der Waals surface area (Å²) in [7, 11) is 0. The molecule has 0 spiro atoms. The fourth-order valence-corrected chi connectivity index (χ4v) is 1.19. The molecule has 0 saturated heterocycles. The molecule has 1 rings (SSSR count). The Kier molecular flexibility index (Phi) is 3.08. The van der Waals surface area contributed by atoms with E-state index in [1.165, 1.54) is 12.4 Å². The predicted octanol–water partition coefficient (Wildman–Crippen LogP) is 2.70. The van der Waals surface area contributed by atoms with Gasteiger partial charge in [0.1, 0.15) is 0 Å². The summed E-state index contributed by atoms with van der Waals surface area (Å²) in [5.74, 6) is -0.0407. The van der Waals surface area contributed by atoms with Gasteiger partial charge < -0.3 is 0 Å². The molecule has 0 unspecified atom stereocenters. The molecule has 0 atom stereocenters. The van der Waals surface area contributed by atoms with Gasteiger partial charge in [-0.1, -0.05) is 13.8 Å². The standard InChI is InChI=1S/C9H11F3N2/c1-6(2)8-7(5-9(10,11)12)13-3-4-14-8/h3-4,6H,5H2,1-2H3. The van der Waals surface area contributed by atoms with Gasteiger partial charge in [0.05, 0.1) is 17.8 Å². The van der Waals surface area contributed by atoms with Gasteiger partial charge in [-0.05, 0) is 5.92 Å². The van der Waals surface area contributed by atoms with Crippen molar-refractivity contribution in [3.05, 3.63) is 23.8 Å². The molecular formula is C9H11F3N2. The van der Waals surface area contributed by atoms with Gasteiger partial charge in [-0.3, -0.25) is 9.97 Å². The maximum absolute atomic E-state index is 12.1. The Labute approximate surface area is 80.2 Å². The van der Waals surface area contributed by atoms with Crippen molar-refractivity contribution in [1.29, 1.82) is 0 Å². The van der Waals surface area contributed by atoms with Crippen LogP contribution in [0.2, 0.25) is 0 Å². The van der Waals surface area contributed by atoms with Gasteiger partial charge in [0.15, 0.2) is 0 Å². The van der Waals surface area contributed by atoms with Crippen LogP contribution in [0.3, 0.4) is 0 Å². The molecule has 0 aliphatic rings. The average Bonchev–Trinajstić information content (AvgIpc) is 2.01. The van der Waals surface area contributed by atoms with Gasteiger partial charge in [0, 0.05) is 12.4 Å². The van der Waals surface area contributed by atoms with Gasteiger partial charge in [-0.25, -0.2) is 0 Å². The zero-order valence-electron chi connectivity index (χ0n) is 7.97. The van der Waals surface area contributed by atoms with Crippen LogP contribution < -0.4 is 0 Å². The highest BCUT2D eigenvalue weighted by Gasteiger charge is 2.30. The second kappa shape index (κ2) is 3.94. The molecule has 2 nitrogen and oxygen atoms in total. The first kappa shape index (κ1) is 10.9. The molecule has 0 aliphatic heterocycles. The first-order valence-corrected chi connectivity index (χ1v) is 4.26. The largest absolute Gasteiger partial charge is 0.394 e. The number of alkyl halides is 3. The summed E-state index contributed by atoms with van der Waals surface area (Å²) in [5.41, 5.74) is 0.444. The summed E-state index contributed by atoms with van der Waals surface area (Å²) in [6, 6.07) is 0. The summed E-state index contributed by atoms with van der Waals surface area (Å²) in [5, 5.41) is 0. The van der Waals surface area contributed by atoms with E-state index in [2.05, 4.69) is 9.97 Å². The third-order valence-corrected chi connectivity index (χ3v) is 1.72. The van der Waals surface area contributed by atoms with E-state index < -0.39 is 12.6 Å². The molecule has 1 heterocycles. The van der Waals surface area contributed by atoms with Crippen LogP contribution in [0.15, 0.2) is 12.4 Å². The maximum Gasteiger partial charge on any atom is 0.394 e. The summed E-state index contributed by atoms with van der Waals surface area (Å²) in [6.45, 7) is 3.59. The lowest BCUT2D eigenvalue weighted by Gasteiger charge is -2.11. The normalized spacial score (nSPS) is 12.1. The highest BCUT2D eigenvalue weighted by molar-refractivity contribution is 5.15. The van der Waals surface area contributed by atoms with Crippen molar-refractivity contribution in [1.82, 2.24) is 9.97 Å². The van der Waals surface area contributed by atoms with E-state index in [9.17, 15) is 13.2 Å². The van der Waals surface area contributed by atoms with E-state index in [4.69, 9.17) is 0 Å². The van der Waals surface area contributed by atoms with E-state index in [0.717, 1.165) is 0 Å². The molecule has 0 aliphatic carbocycles. The van der Waals surface area contributed by atoms with Crippen LogP contribution in [0.5, 0.6) is 0 Å². The molecule has 0 fully saturated rings. The van der Waals surface area contributed by atoms with Crippen LogP contribution in [-0.4, -0.2) is 16.1 Å². The van der Waals surface area contributed by atoms with Gasteiger partial charge in [0.25, 0.3) is 0 Å². The van der Waals surface area contributed by atoms with Gasteiger partial charge in [-0.15, -0.1) is 0 Å². The summed E-state index contributed by atoms with van der Waals surface area (Å²) < 4.78 is 36.4. The first-order chi connectivity index (χ1) is 6.40. The second-order valence-electron chi connectivity index (χ2n) is 3.33. The smallest absolute Gasteiger partial charge is 0.258 e. The molecule has 0 aromatic carbocycles. The third kappa shape index (κ3) is 2.97. The maximum atomic E-state index is 12.1. The summed E-state index contributed by atoms with van der Waals surface area (Å²) >= 11 is 0. The summed E-state index contributed by atoms with van der Waals surface area (Å²) in [4.78, 5) is 7.60. The van der Waals surface area contributed by atoms with Crippen LogP contribution >= 0.6 is 0 Å². The molecule has 1 aromatic rings. The quantitative estimate of drug-likeness (QED) is 0.740.